The molecular weight excluding hydrogens is 322 g/mol. The second kappa shape index (κ2) is 6.64. The molecule has 4 rings (SSSR count). The number of nitrogens with one attached hydrogen (secondary N) is 1. The van der Waals surface area contributed by atoms with Crippen LogP contribution in [0.1, 0.15) is 19.8 Å². The van der Waals surface area contributed by atoms with Crippen LogP contribution in [-0.4, -0.2) is 59.5 Å². The third-order valence-corrected chi connectivity index (χ3v) is 5.99. The second-order valence-electron chi connectivity index (χ2n) is 6.72. The zero-order valence-corrected chi connectivity index (χ0v) is 14.8. The van der Waals surface area contributed by atoms with Crippen molar-refractivity contribution in [3.63, 3.8) is 0 Å². The fourth-order valence-corrected chi connectivity index (χ4v) is 4.62. The Morgan fingerprint density at radius 1 is 1.29 bits per heavy atom. The first-order valence-corrected chi connectivity index (χ1v) is 9.55. The van der Waals surface area contributed by atoms with E-state index < -0.39 is 0 Å². The smallest absolute Gasteiger partial charge is 0.225 e. The molecule has 7 heteroatoms. The van der Waals surface area contributed by atoms with Crippen LogP contribution >= 0.6 is 11.3 Å². The van der Waals surface area contributed by atoms with Gasteiger partial charge < -0.3 is 15.1 Å². The molecule has 2 aromatic rings. The minimum Gasteiger partial charge on any atom is -0.352 e. The van der Waals surface area contributed by atoms with Gasteiger partial charge in [0.1, 0.15) is 12.1 Å². The molecule has 2 atom stereocenters. The number of rotatable bonds is 2. The minimum absolute atomic E-state index is 0.191. The van der Waals surface area contributed by atoms with E-state index in [1.807, 2.05) is 11.0 Å². The molecule has 0 aromatic carbocycles. The van der Waals surface area contributed by atoms with Crippen LogP contribution in [-0.2, 0) is 4.79 Å². The van der Waals surface area contributed by atoms with Crippen LogP contribution in [0.5, 0.6) is 0 Å². The van der Waals surface area contributed by atoms with E-state index in [0.717, 1.165) is 61.6 Å². The quantitative estimate of drug-likeness (QED) is 0.898. The van der Waals surface area contributed by atoms with E-state index in [9.17, 15) is 4.79 Å². The first kappa shape index (κ1) is 15.8. The summed E-state index contributed by atoms with van der Waals surface area (Å²) in [6, 6.07) is 2.48. The summed E-state index contributed by atoms with van der Waals surface area (Å²) < 4.78 is 1.14. The standard InChI is InChI=1S/C17H23N5OS/c1-12-10-13(2-4-18-12)17(23)22-7-5-21(6-8-22)16-15-14(3-9-24-15)19-11-20-16/h3,9,11-13,18H,2,4-8,10H2,1H3/t12-,13-/m0/s1. The van der Waals surface area contributed by atoms with Gasteiger partial charge in [0.15, 0.2) is 0 Å². The summed E-state index contributed by atoms with van der Waals surface area (Å²) >= 11 is 1.68. The van der Waals surface area contributed by atoms with E-state index in [-0.39, 0.29) is 5.92 Å². The van der Waals surface area contributed by atoms with Crippen LogP contribution < -0.4 is 10.2 Å². The summed E-state index contributed by atoms with van der Waals surface area (Å²) in [6.45, 7) is 6.38. The van der Waals surface area contributed by atoms with Crippen molar-refractivity contribution in [1.29, 1.82) is 0 Å². The number of amides is 1. The molecule has 2 aliphatic heterocycles. The lowest BCUT2D eigenvalue weighted by Crippen LogP contribution is -2.52. The number of fused-ring (bicyclic) bond motifs is 1. The first-order valence-electron chi connectivity index (χ1n) is 8.67. The third kappa shape index (κ3) is 2.98. The number of carbonyl (C=O) groups excluding carboxylic acids is 1. The Labute approximate surface area is 145 Å². The van der Waals surface area contributed by atoms with Crippen molar-refractivity contribution in [2.24, 2.45) is 5.92 Å². The van der Waals surface area contributed by atoms with Crippen LogP contribution in [0.3, 0.4) is 0 Å². The van der Waals surface area contributed by atoms with Crippen LogP contribution in [0.4, 0.5) is 5.82 Å². The lowest BCUT2D eigenvalue weighted by Gasteiger charge is -2.38. The lowest BCUT2D eigenvalue weighted by molar-refractivity contribution is -0.137. The van der Waals surface area contributed by atoms with E-state index >= 15 is 0 Å². The zero-order chi connectivity index (χ0) is 16.5. The molecular formula is C17H23N5OS. The van der Waals surface area contributed by atoms with Crippen molar-refractivity contribution >= 4 is 33.3 Å². The average molecular weight is 345 g/mol. The van der Waals surface area contributed by atoms with Crippen LogP contribution in [0, 0.1) is 5.92 Å². The largest absolute Gasteiger partial charge is 0.352 e. The fraction of sp³-hybridized carbons (Fsp3) is 0.588. The highest BCUT2D eigenvalue weighted by atomic mass is 32.1. The van der Waals surface area contributed by atoms with Gasteiger partial charge in [-0.3, -0.25) is 4.79 Å². The molecule has 0 unspecified atom stereocenters. The molecule has 1 N–H and O–H groups in total. The number of piperidine rings is 1. The molecule has 0 spiro atoms. The molecule has 6 nitrogen and oxygen atoms in total. The molecule has 128 valence electrons. The van der Waals surface area contributed by atoms with E-state index in [1.165, 1.54) is 0 Å². The lowest BCUT2D eigenvalue weighted by atomic mass is 9.92. The zero-order valence-electron chi connectivity index (χ0n) is 13.9. The van der Waals surface area contributed by atoms with Gasteiger partial charge in [0.2, 0.25) is 5.91 Å². The van der Waals surface area contributed by atoms with Gasteiger partial charge in [0, 0.05) is 38.1 Å². The minimum atomic E-state index is 0.191. The number of hydrogen-bond donors (Lipinski definition) is 1. The molecule has 24 heavy (non-hydrogen) atoms. The first-order chi connectivity index (χ1) is 11.7. The summed E-state index contributed by atoms with van der Waals surface area (Å²) in [5.41, 5.74) is 1.01. The predicted molar refractivity (Wildman–Crippen MR) is 96.4 cm³/mol. The van der Waals surface area contributed by atoms with Gasteiger partial charge in [-0.05, 0) is 37.8 Å². The Hall–Kier alpha value is -1.73. The maximum absolute atomic E-state index is 12.8. The highest BCUT2D eigenvalue weighted by Gasteiger charge is 2.31. The summed E-state index contributed by atoms with van der Waals surface area (Å²) in [5, 5.41) is 5.48. The van der Waals surface area contributed by atoms with Crippen molar-refractivity contribution in [2.45, 2.75) is 25.8 Å². The molecule has 0 aliphatic carbocycles. The van der Waals surface area contributed by atoms with Crippen molar-refractivity contribution in [3.05, 3.63) is 17.8 Å². The molecule has 0 bridgehead atoms. The van der Waals surface area contributed by atoms with Gasteiger partial charge in [-0.25, -0.2) is 9.97 Å². The molecule has 4 heterocycles. The number of anilines is 1. The topological polar surface area (TPSA) is 61.4 Å². The second-order valence-corrected chi connectivity index (χ2v) is 7.64. The third-order valence-electron chi connectivity index (χ3n) is 5.09. The van der Waals surface area contributed by atoms with Crippen molar-refractivity contribution < 1.29 is 4.79 Å². The van der Waals surface area contributed by atoms with Gasteiger partial charge >= 0.3 is 0 Å². The molecule has 0 saturated carbocycles. The average Bonchev–Trinajstić information content (AvgIpc) is 3.10. The van der Waals surface area contributed by atoms with Gasteiger partial charge in [-0.2, -0.15) is 0 Å². The molecule has 1 amide bonds. The van der Waals surface area contributed by atoms with Crippen molar-refractivity contribution in [2.75, 3.05) is 37.6 Å². The van der Waals surface area contributed by atoms with E-state index in [1.54, 1.807) is 17.7 Å². The number of thiophene rings is 1. The van der Waals surface area contributed by atoms with E-state index in [4.69, 9.17) is 0 Å². The van der Waals surface area contributed by atoms with E-state index in [2.05, 4.69) is 32.5 Å². The summed E-state index contributed by atoms with van der Waals surface area (Å²) in [7, 11) is 0. The molecule has 0 radical (unpaired) electrons. The monoisotopic (exact) mass is 345 g/mol. The van der Waals surface area contributed by atoms with Crippen LogP contribution in [0.25, 0.3) is 10.2 Å². The van der Waals surface area contributed by atoms with Gasteiger partial charge in [-0.1, -0.05) is 0 Å². The van der Waals surface area contributed by atoms with Crippen LogP contribution in [0.15, 0.2) is 17.8 Å². The molecule has 2 aliphatic rings. The maximum Gasteiger partial charge on any atom is 0.225 e. The SMILES string of the molecule is C[C@H]1C[C@@H](C(=O)N2CCN(c3ncnc4ccsc34)CC2)CCN1. The Morgan fingerprint density at radius 2 is 2.12 bits per heavy atom. The Morgan fingerprint density at radius 3 is 2.92 bits per heavy atom. The van der Waals surface area contributed by atoms with Gasteiger partial charge in [0.25, 0.3) is 0 Å². The van der Waals surface area contributed by atoms with Gasteiger partial charge in [0.05, 0.1) is 10.2 Å². The number of nitrogens with zero attached hydrogens (tertiary/aromatic N) is 4. The molecule has 2 aromatic heterocycles. The fourth-order valence-electron chi connectivity index (χ4n) is 3.75. The van der Waals surface area contributed by atoms with Crippen molar-refractivity contribution in [3.8, 4) is 0 Å². The van der Waals surface area contributed by atoms with Gasteiger partial charge in [-0.15, -0.1) is 11.3 Å². The van der Waals surface area contributed by atoms with E-state index in [0.29, 0.717) is 11.9 Å². The summed E-state index contributed by atoms with van der Waals surface area (Å²) in [4.78, 5) is 25.9. The Bertz CT molecular complexity index is 725. The number of piperazine rings is 1. The van der Waals surface area contributed by atoms with Crippen molar-refractivity contribution in [1.82, 2.24) is 20.2 Å². The summed E-state index contributed by atoms with van der Waals surface area (Å²) in [5.74, 6) is 1.54. The normalized spacial score (nSPS) is 25.2. The van der Waals surface area contributed by atoms with Crippen LogP contribution in [0.2, 0.25) is 0 Å². The molecule has 2 saturated heterocycles. The summed E-state index contributed by atoms with van der Waals surface area (Å²) in [6.07, 6.45) is 3.56. The highest BCUT2D eigenvalue weighted by molar-refractivity contribution is 7.17. The Kier molecular flexibility index (Phi) is 4.37. The molecule has 2 fully saturated rings. The number of carbonyl (C=O) groups is 1. The Balaban J connectivity index is 1.41. The predicted octanol–water partition coefficient (Wildman–Crippen LogP) is 1.73. The number of aromatic nitrogens is 2. The maximum atomic E-state index is 12.8. The number of hydrogen-bond acceptors (Lipinski definition) is 6. The highest BCUT2D eigenvalue weighted by Crippen LogP contribution is 2.29.